The van der Waals surface area contributed by atoms with Crippen LogP contribution in [0.1, 0.15) is 22.3 Å². The van der Waals surface area contributed by atoms with Gasteiger partial charge in [0.2, 0.25) is 0 Å². The number of benzene rings is 4. The predicted molar refractivity (Wildman–Crippen MR) is 174 cm³/mol. The van der Waals surface area contributed by atoms with E-state index >= 15 is 0 Å². The van der Waals surface area contributed by atoms with E-state index in [4.69, 9.17) is 28.4 Å². The fraction of sp³-hybridized carbons (Fsp3) is 0.263. The second kappa shape index (κ2) is 16.8. The Hall–Kier alpha value is -4.64. The zero-order chi connectivity index (χ0) is 32.1. The number of hydrogen-bond donors (Lipinski definition) is 0. The van der Waals surface area contributed by atoms with Crippen LogP contribution in [0.5, 0.6) is 0 Å². The smallest absolute Gasteiger partial charge is 0.419 e. The van der Waals surface area contributed by atoms with Crippen LogP contribution in [0.4, 0.5) is 4.79 Å². The van der Waals surface area contributed by atoms with Crippen molar-refractivity contribution in [2.45, 2.75) is 57.1 Å². The van der Waals surface area contributed by atoms with E-state index in [9.17, 15) is 4.79 Å². The van der Waals surface area contributed by atoms with Crippen molar-refractivity contribution < 1.29 is 33.2 Å². The summed E-state index contributed by atoms with van der Waals surface area (Å²) >= 11 is 0. The summed E-state index contributed by atoms with van der Waals surface area (Å²) in [6.45, 7) is 1.05. The molecule has 0 aliphatic carbocycles. The summed E-state index contributed by atoms with van der Waals surface area (Å²) in [5.41, 5.74) is 3.94. The van der Waals surface area contributed by atoms with Gasteiger partial charge in [-0.05, 0) is 22.3 Å². The Labute approximate surface area is 274 Å². The minimum Gasteiger partial charge on any atom is -0.446 e. The lowest BCUT2D eigenvalue weighted by atomic mass is 9.97. The summed E-state index contributed by atoms with van der Waals surface area (Å²) in [6, 6.07) is 39.6. The van der Waals surface area contributed by atoms with Crippen molar-refractivity contribution in [3.05, 3.63) is 162 Å². The van der Waals surface area contributed by atoms with Gasteiger partial charge in [-0.2, -0.15) is 0 Å². The summed E-state index contributed by atoms with van der Waals surface area (Å²) in [7, 11) is 0. The number of hydrogen-bond acceptors (Lipinski definition) is 8. The molecule has 0 amide bonds. The monoisotopic (exact) mass is 634 g/mol. The lowest BCUT2D eigenvalue weighted by Crippen LogP contribution is -2.61. The Bertz CT molecular complexity index is 1610. The van der Waals surface area contributed by atoms with Gasteiger partial charge in [0.05, 0.1) is 26.4 Å². The van der Waals surface area contributed by atoms with Gasteiger partial charge in [-0.3, -0.25) is 0 Å². The molecule has 5 aromatic rings. The highest BCUT2D eigenvalue weighted by atomic mass is 16.7. The summed E-state index contributed by atoms with van der Waals surface area (Å²) < 4.78 is 39.9. The van der Waals surface area contributed by atoms with Gasteiger partial charge in [0.25, 0.3) is 0 Å². The van der Waals surface area contributed by atoms with E-state index in [1.54, 1.807) is 0 Å². The molecule has 4 aromatic carbocycles. The van der Waals surface area contributed by atoms with Crippen molar-refractivity contribution >= 4 is 6.09 Å². The van der Waals surface area contributed by atoms with Gasteiger partial charge < -0.3 is 28.4 Å². The summed E-state index contributed by atoms with van der Waals surface area (Å²) in [4.78, 5) is 16.8. The first kappa shape index (κ1) is 32.3. The molecule has 2 heterocycles. The Morgan fingerprint density at radius 1 is 0.596 bits per heavy atom. The normalized spacial score (nSPS) is 20.9. The third-order valence-electron chi connectivity index (χ3n) is 7.79. The lowest BCUT2D eigenvalue weighted by molar-refractivity contribution is -0.329. The van der Waals surface area contributed by atoms with Crippen LogP contribution in [0.3, 0.4) is 0 Å². The molecule has 47 heavy (non-hydrogen) atoms. The van der Waals surface area contributed by atoms with E-state index in [0.29, 0.717) is 13.2 Å². The highest BCUT2D eigenvalue weighted by molar-refractivity contribution is 5.69. The average Bonchev–Trinajstić information content (AvgIpc) is 3.68. The minimum atomic E-state index is -0.867. The third-order valence-corrected chi connectivity index (χ3v) is 7.79. The number of aromatic nitrogens is 2. The molecule has 0 spiro atoms. The first-order valence-corrected chi connectivity index (χ1v) is 15.7. The molecule has 242 valence electrons. The zero-order valence-corrected chi connectivity index (χ0v) is 26.0. The Kier molecular flexibility index (Phi) is 11.5. The highest BCUT2D eigenvalue weighted by Crippen LogP contribution is 2.32. The number of nitrogens with zero attached hydrogens (tertiary/aromatic N) is 2. The van der Waals surface area contributed by atoms with E-state index in [0.717, 1.165) is 22.3 Å². The second-order valence-corrected chi connectivity index (χ2v) is 11.2. The number of carbonyl (C=O) groups is 1. The van der Waals surface area contributed by atoms with Gasteiger partial charge in [0.1, 0.15) is 37.4 Å². The zero-order valence-electron chi connectivity index (χ0n) is 26.0. The van der Waals surface area contributed by atoms with Crippen molar-refractivity contribution in [2.24, 2.45) is 0 Å². The molecule has 0 unspecified atom stereocenters. The molecule has 1 aliphatic rings. The number of imidazole rings is 1. The van der Waals surface area contributed by atoms with Crippen LogP contribution in [0.2, 0.25) is 0 Å². The second-order valence-electron chi connectivity index (χ2n) is 11.2. The fourth-order valence-corrected chi connectivity index (χ4v) is 5.36. The molecule has 0 radical (unpaired) electrons. The predicted octanol–water partition coefficient (Wildman–Crippen LogP) is 6.57. The maximum Gasteiger partial charge on any atom is 0.419 e. The van der Waals surface area contributed by atoms with E-state index < -0.39 is 36.8 Å². The molecule has 1 aromatic heterocycles. The van der Waals surface area contributed by atoms with Gasteiger partial charge in [-0.1, -0.05) is 121 Å². The molecule has 6 rings (SSSR count). The van der Waals surface area contributed by atoms with Crippen LogP contribution < -0.4 is 0 Å². The van der Waals surface area contributed by atoms with Crippen molar-refractivity contribution in [3.8, 4) is 0 Å². The quantitative estimate of drug-likeness (QED) is 0.136. The summed E-state index contributed by atoms with van der Waals surface area (Å²) in [5, 5.41) is 0. The van der Waals surface area contributed by atoms with E-state index in [2.05, 4.69) is 4.98 Å². The topological polar surface area (TPSA) is 90.3 Å². The summed E-state index contributed by atoms with van der Waals surface area (Å²) in [5.74, 6) is 0. The van der Waals surface area contributed by atoms with Gasteiger partial charge in [-0.25, -0.2) is 14.3 Å². The van der Waals surface area contributed by atoms with Crippen LogP contribution in [0.15, 0.2) is 140 Å². The number of carbonyl (C=O) groups excluding carboxylic acids is 1. The van der Waals surface area contributed by atoms with Gasteiger partial charge >= 0.3 is 6.09 Å². The van der Waals surface area contributed by atoms with E-state index in [-0.39, 0.29) is 19.8 Å². The van der Waals surface area contributed by atoms with Gasteiger partial charge in [0.15, 0.2) is 6.29 Å². The molecule has 1 saturated heterocycles. The number of ether oxygens (including phenoxy) is 6. The molecule has 0 bridgehead atoms. The molecule has 5 atom stereocenters. The maximum absolute atomic E-state index is 12.9. The van der Waals surface area contributed by atoms with Crippen LogP contribution in [0, 0.1) is 0 Å². The van der Waals surface area contributed by atoms with E-state index in [1.807, 2.05) is 121 Å². The molecule has 9 nitrogen and oxygen atoms in total. The average molecular weight is 635 g/mol. The molecule has 0 saturated carbocycles. The molecular formula is C38H38N2O7. The van der Waals surface area contributed by atoms with Crippen LogP contribution >= 0.6 is 0 Å². The number of rotatable bonds is 14. The van der Waals surface area contributed by atoms with Crippen molar-refractivity contribution in [3.63, 3.8) is 0 Å². The Morgan fingerprint density at radius 2 is 1.04 bits per heavy atom. The molecule has 9 heteroatoms. The largest absolute Gasteiger partial charge is 0.446 e. The van der Waals surface area contributed by atoms with Gasteiger partial charge in [0, 0.05) is 12.4 Å². The summed E-state index contributed by atoms with van der Waals surface area (Å²) in [6.07, 6.45) is 0.192. The lowest BCUT2D eigenvalue weighted by Gasteiger charge is -2.45. The van der Waals surface area contributed by atoms with Crippen LogP contribution in [-0.4, -0.2) is 53.0 Å². The molecule has 0 N–H and O–H groups in total. The molecule has 1 aliphatic heterocycles. The van der Waals surface area contributed by atoms with Crippen molar-refractivity contribution in [1.29, 1.82) is 0 Å². The highest BCUT2D eigenvalue weighted by Gasteiger charge is 2.49. The SMILES string of the molecule is O=C(OC[C@H]1O[C@@H](OCc2ccccc2)[C@H](OCc2ccccc2)[C@@H](OCc2ccccc2)[C@@H]1OCc1ccccc1)n1ccnc1. The van der Waals surface area contributed by atoms with Crippen molar-refractivity contribution in [2.75, 3.05) is 6.61 Å². The first-order chi connectivity index (χ1) is 23.2. The minimum absolute atomic E-state index is 0.113. The first-order valence-electron chi connectivity index (χ1n) is 15.7. The van der Waals surface area contributed by atoms with Crippen LogP contribution in [0.25, 0.3) is 0 Å². The van der Waals surface area contributed by atoms with E-state index in [1.165, 1.54) is 23.3 Å². The fourth-order valence-electron chi connectivity index (χ4n) is 5.36. The maximum atomic E-state index is 12.9. The third kappa shape index (κ3) is 9.22. The van der Waals surface area contributed by atoms with Crippen molar-refractivity contribution in [1.82, 2.24) is 9.55 Å². The Balaban J connectivity index is 1.31. The molecule has 1 fully saturated rings. The van der Waals surface area contributed by atoms with Gasteiger partial charge in [-0.15, -0.1) is 0 Å². The Morgan fingerprint density at radius 3 is 1.51 bits per heavy atom. The standard InChI is InChI=1S/C38H38N2O7/c41-38(40-22-21-39-28-40)46-27-33-34(42-23-29-13-5-1-6-14-29)35(43-24-30-15-7-2-8-16-30)36(44-25-31-17-9-3-10-18-31)37(47-33)45-26-32-19-11-4-12-20-32/h1-22,28,33-37H,23-27H2/t33-,34-,35+,36-,37-/m1/s1. The molecular weight excluding hydrogens is 596 g/mol. The van der Waals surface area contributed by atoms with Crippen LogP contribution in [-0.2, 0) is 54.8 Å².